The van der Waals surface area contributed by atoms with E-state index in [0.29, 0.717) is 28.9 Å². The third-order valence-electron chi connectivity index (χ3n) is 2.63. The molecule has 1 rings (SSSR count). The average Bonchev–Trinajstić information content (AvgIpc) is 2.24. The number of rotatable bonds is 4. The highest BCUT2D eigenvalue weighted by Gasteiger charge is 2.19. The average molecular weight is 269 g/mol. The number of benzene rings is 1. The first-order valence-electron chi connectivity index (χ1n) is 6.17. The van der Waals surface area contributed by atoms with E-state index in [2.05, 4.69) is 34.6 Å². The van der Waals surface area contributed by atoms with Crippen molar-refractivity contribution in [3.8, 4) is 5.75 Å². The molecule has 18 heavy (non-hydrogen) atoms. The van der Waals surface area contributed by atoms with Crippen LogP contribution in [0.15, 0.2) is 12.1 Å². The molecule has 0 aliphatic heterocycles. The second-order valence-electron chi connectivity index (χ2n) is 5.95. The molecule has 100 valence electrons. The van der Waals surface area contributed by atoms with Crippen molar-refractivity contribution in [3.63, 3.8) is 0 Å². The minimum absolute atomic E-state index is 0.0437. The van der Waals surface area contributed by atoms with E-state index in [1.807, 2.05) is 12.1 Å². The SMILES string of the molecule is CC(C)COc1c(Cl)cc(C(C)(C)C)cc1C=O. The number of carbonyl (C=O) groups excluding carboxylic acids is 1. The van der Waals surface area contributed by atoms with E-state index in [4.69, 9.17) is 16.3 Å². The molecule has 0 aliphatic carbocycles. The fraction of sp³-hybridized carbons (Fsp3) is 0.533. The Kier molecular flexibility index (Phi) is 4.80. The van der Waals surface area contributed by atoms with Gasteiger partial charge in [-0.05, 0) is 29.0 Å². The van der Waals surface area contributed by atoms with Crippen LogP contribution in [-0.2, 0) is 5.41 Å². The van der Waals surface area contributed by atoms with E-state index in [0.717, 1.165) is 11.8 Å². The maximum absolute atomic E-state index is 11.2. The monoisotopic (exact) mass is 268 g/mol. The van der Waals surface area contributed by atoms with Crippen LogP contribution >= 0.6 is 11.6 Å². The third-order valence-corrected chi connectivity index (χ3v) is 2.91. The van der Waals surface area contributed by atoms with Gasteiger partial charge in [-0.15, -0.1) is 0 Å². The van der Waals surface area contributed by atoms with Crippen molar-refractivity contribution < 1.29 is 9.53 Å². The van der Waals surface area contributed by atoms with Crippen LogP contribution in [0.1, 0.15) is 50.5 Å². The molecule has 0 saturated carbocycles. The van der Waals surface area contributed by atoms with Crippen LogP contribution in [0.4, 0.5) is 0 Å². The van der Waals surface area contributed by atoms with Crippen LogP contribution in [0.2, 0.25) is 5.02 Å². The maximum Gasteiger partial charge on any atom is 0.153 e. The summed E-state index contributed by atoms with van der Waals surface area (Å²) in [5, 5.41) is 0.505. The lowest BCUT2D eigenvalue weighted by Gasteiger charge is -2.21. The highest BCUT2D eigenvalue weighted by Crippen LogP contribution is 2.34. The summed E-state index contributed by atoms with van der Waals surface area (Å²) in [5.41, 5.74) is 1.51. The molecular formula is C15H21ClO2. The summed E-state index contributed by atoms with van der Waals surface area (Å²) in [4.78, 5) is 11.2. The van der Waals surface area contributed by atoms with E-state index >= 15 is 0 Å². The van der Waals surface area contributed by atoms with Crippen molar-refractivity contribution in [2.24, 2.45) is 5.92 Å². The molecule has 0 spiro atoms. The van der Waals surface area contributed by atoms with E-state index in [9.17, 15) is 4.79 Å². The van der Waals surface area contributed by atoms with Crippen LogP contribution in [0.5, 0.6) is 5.75 Å². The Hall–Kier alpha value is -1.02. The maximum atomic E-state index is 11.2. The van der Waals surface area contributed by atoms with Crippen LogP contribution < -0.4 is 4.74 Å². The molecule has 0 aromatic heterocycles. The minimum atomic E-state index is -0.0437. The van der Waals surface area contributed by atoms with Gasteiger partial charge in [-0.1, -0.05) is 46.2 Å². The third kappa shape index (κ3) is 3.74. The molecule has 0 N–H and O–H groups in total. The van der Waals surface area contributed by atoms with Crippen LogP contribution in [-0.4, -0.2) is 12.9 Å². The van der Waals surface area contributed by atoms with Crippen LogP contribution in [0, 0.1) is 5.92 Å². The Morgan fingerprint density at radius 1 is 1.33 bits per heavy atom. The molecular weight excluding hydrogens is 248 g/mol. The quantitative estimate of drug-likeness (QED) is 0.753. The van der Waals surface area contributed by atoms with Gasteiger partial charge in [0.1, 0.15) is 5.75 Å². The number of carbonyl (C=O) groups is 1. The van der Waals surface area contributed by atoms with E-state index in [1.54, 1.807) is 0 Å². The van der Waals surface area contributed by atoms with E-state index < -0.39 is 0 Å². The van der Waals surface area contributed by atoms with E-state index in [-0.39, 0.29) is 5.41 Å². The fourth-order valence-corrected chi connectivity index (χ4v) is 1.82. The Labute approximate surface area is 114 Å². The van der Waals surface area contributed by atoms with Crippen molar-refractivity contribution in [1.29, 1.82) is 0 Å². The van der Waals surface area contributed by atoms with Crippen LogP contribution in [0.3, 0.4) is 0 Å². The normalized spacial score (nSPS) is 11.7. The molecule has 3 heteroatoms. The predicted molar refractivity (Wildman–Crippen MR) is 75.9 cm³/mol. The topological polar surface area (TPSA) is 26.3 Å². The molecule has 0 unspecified atom stereocenters. The molecule has 0 atom stereocenters. The molecule has 2 nitrogen and oxygen atoms in total. The van der Waals surface area contributed by atoms with Crippen molar-refractivity contribution in [2.75, 3.05) is 6.61 Å². The lowest BCUT2D eigenvalue weighted by Crippen LogP contribution is -2.13. The van der Waals surface area contributed by atoms with Gasteiger partial charge >= 0.3 is 0 Å². The van der Waals surface area contributed by atoms with Gasteiger partial charge in [0.25, 0.3) is 0 Å². The number of hydrogen-bond donors (Lipinski definition) is 0. The lowest BCUT2D eigenvalue weighted by atomic mass is 9.86. The van der Waals surface area contributed by atoms with Gasteiger partial charge in [-0.3, -0.25) is 4.79 Å². The fourth-order valence-electron chi connectivity index (χ4n) is 1.54. The van der Waals surface area contributed by atoms with Gasteiger partial charge < -0.3 is 4.74 Å². The summed E-state index contributed by atoms with van der Waals surface area (Å²) in [7, 11) is 0. The van der Waals surface area contributed by atoms with Crippen molar-refractivity contribution in [1.82, 2.24) is 0 Å². The van der Waals surface area contributed by atoms with Gasteiger partial charge in [0, 0.05) is 0 Å². The first-order chi connectivity index (χ1) is 8.25. The zero-order chi connectivity index (χ0) is 13.9. The predicted octanol–water partition coefficient (Wildman–Crippen LogP) is 4.48. The van der Waals surface area contributed by atoms with Crippen molar-refractivity contribution in [2.45, 2.75) is 40.0 Å². The number of ether oxygens (including phenoxy) is 1. The Morgan fingerprint density at radius 3 is 2.39 bits per heavy atom. The summed E-state index contributed by atoms with van der Waals surface area (Å²) >= 11 is 6.22. The Balaban J connectivity index is 3.16. The molecule has 0 radical (unpaired) electrons. The molecule has 0 saturated heterocycles. The van der Waals surface area contributed by atoms with Crippen molar-refractivity contribution >= 4 is 17.9 Å². The highest BCUT2D eigenvalue weighted by atomic mass is 35.5. The Bertz CT molecular complexity index is 431. The zero-order valence-electron chi connectivity index (χ0n) is 11.7. The molecule has 0 amide bonds. The highest BCUT2D eigenvalue weighted by molar-refractivity contribution is 6.32. The van der Waals surface area contributed by atoms with Crippen molar-refractivity contribution in [3.05, 3.63) is 28.3 Å². The Morgan fingerprint density at radius 2 is 1.94 bits per heavy atom. The van der Waals surface area contributed by atoms with Crippen LogP contribution in [0.25, 0.3) is 0 Å². The van der Waals surface area contributed by atoms with Gasteiger partial charge in [0.15, 0.2) is 6.29 Å². The largest absolute Gasteiger partial charge is 0.491 e. The first-order valence-corrected chi connectivity index (χ1v) is 6.55. The first kappa shape index (κ1) is 15.0. The molecule has 1 aromatic rings. The van der Waals surface area contributed by atoms with E-state index in [1.165, 1.54) is 0 Å². The number of aldehydes is 1. The molecule has 0 heterocycles. The van der Waals surface area contributed by atoms with Gasteiger partial charge in [-0.2, -0.15) is 0 Å². The smallest absolute Gasteiger partial charge is 0.153 e. The molecule has 1 aromatic carbocycles. The second-order valence-corrected chi connectivity index (χ2v) is 6.36. The van der Waals surface area contributed by atoms with Gasteiger partial charge in [0.2, 0.25) is 0 Å². The summed E-state index contributed by atoms with van der Waals surface area (Å²) in [5.74, 6) is 0.885. The minimum Gasteiger partial charge on any atom is -0.491 e. The number of halogens is 1. The molecule has 0 aliphatic rings. The summed E-state index contributed by atoms with van der Waals surface area (Å²) in [6.45, 7) is 10.9. The lowest BCUT2D eigenvalue weighted by molar-refractivity contribution is 0.111. The second kappa shape index (κ2) is 5.75. The molecule has 0 bridgehead atoms. The standard InChI is InChI=1S/C15H21ClO2/c1-10(2)9-18-14-11(8-17)6-12(7-13(14)16)15(3,4)5/h6-8,10H,9H2,1-5H3. The summed E-state index contributed by atoms with van der Waals surface area (Å²) in [6.07, 6.45) is 0.802. The number of hydrogen-bond acceptors (Lipinski definition) is 2. The zero-order valence-corrected chi connectivity index (χ0v) is 12.5. The summed E-state index contributed by atoms with van der Waals surface area (Å²) in [6, 6.07) is 3.73. The molecule has 0 fully saturated rings. The van der Waals surface area contributed by atoms with Gasteiger partial charge in [0.05, 0.1) is 17.2 Å². The van der Waals surface area contributed by atoms with Gasteiger partial charge in [-0.25, -0.2) is 0 Å². The summed E-state index contributed by atoms with van der Waals surface area (Å²) < 4.78 is 5.62.